The van der Waals surface area contributed by atoms with Gasteiger partial charge in [0, 0.05) is 6.07 Å². The minimum absolute atomic E-state index is 0.0535. The van der Waals surface area contributed by atoms with Gasteiger partial charge in [-0.25, -0.2) is 0 Å². The second-order valence-corrected chi connectivity index (χ2v) is 4.95. The Balaban J connectivity index is 2.12. The second-order valence-electron chi connectivity index (χ2n) is 4.95. The quantitative estimate of drug-likeness (QED) is 0.659. The van der Waals surface area contributed by atoms with Crippen molar-refractivity contribution in [3.8, 4) is 5.75 Å². The van der Waals surface area contributed by atoms with E-state index >= 15 is 0 Å². The highest BCUT2D eigenvalue weighted by molar-refractivity contribution is 5.48. The summed E-state index contributed by atoms with van der Waals surface area (Å²) in [4.78, 5) is 10.4. The van der Waals surface area contributed by atoms with Gasteiger partial charge < -0.3 is 9.84 Å². The van der Waals surface area contributed by atoms with Crippen LogP contribution in [0.3, 0.4) is 0 Å². The van der Waals surface area contributed by atoms with Crippen LogP contribution >= 0.6 is 0 Å². The molecule has 1 saturated carbocycles. The van der Waals surface area contributed by atoms with Gasteiger partial charge in [0.05, 0.1) is 10.5 Å². The van der Waals surface area contributed by atoms with Gasteiger partial charge in [-0.2, -0.15) is 0 Å². The zero-order valence-corrected chi connectivity index (χ0v) is 10.4. The minimum atomic E-state index is -0.822. The molecule has 0 spiro atoms. The van der Waals surface area contributed by atoms with Crippen molar-refractivity contribution in [3.05, 3.63) is 33.9 Å². The molecule has 1 aromatic rings. The van der Waals surface area contributed by atoms with E-state index in [2.05, 4.69) is 0 Å². The predicted octanol–water partition coefficient (Wildman–Crippen LogP) is 2.59. The van der Waals surface area contributed by atoms with Gasteiger partial charge >= 0.3 is 5.69 Å². The molecule has 0 unspecified atom stereocenters. The second kappa shape index (κ2) is 4.94. The third-order valence-electron chi connectivity index (χ3n) is 3.34. The molecule has 0 aliphatic heterocycles. The lowest BCUT2D eigenvalue weighted by Gasteiger charge is -2.22. The molecule has 0 heterocycles. The fraction of sp³-hybridized carbons (Fsp3) is 0.538. The minimum Gasteiger partial charge on any atom is -0.484 e. The van der Waals surface area contributed by atoms with Crippen molar-refractivity contribution < 1.29 is 14.8 Å². The van der Waals surface area contributed by atoms with E-state index in [-0.39, 0.29) is 18.0 Å². The summed E-state index contributed by atoms with van der Waals surface area (Å²) in [5.74, 6) is 0.236. The van der Waals surface area contributed by atoms with E-state index in [1.54, 1.807) is 12.1 Å². The van der Waals surface area contributed by atoms with Crippen LogP contribution in [-0.2, 0) is 0 Å². The molecule has 0 amide bonds. The largest absolute Gasteiger partial charge is 0.484 e. The van der Waals surface area contributed by atoms with Gasteiger partial charge in [-0.3, -0.25) is 10.1 Å². The third kappa shape index (κ3) is 2.79. The number of nitrogens with zero attached hydrogens (tertiary/aromatic N) is 1. The van der Waals surface area contributed by atoms with Crippen LogP contribution in [0.5, 0.6) is 5.75 Å². The van der Waals surface area contributed by atoms with E-state index in [0.29, 0.717) is 12.8 Å². The summed E-state index contributed by atoms with van der Waals surface area (Å²) in [6.45, 7) is 1.97. The first-order chi connectivity index (χ1) is 8.50. The highest BCUT2D eigenvalue weighted by Gasteiger charge is 2.32. The first kappa shape index (κ1) is 12.8. The fourth-order valence-electron chi connectivity index (χ4n) is 2.28. The average molecular weight is 251 g/mol. The summed E-state index contributed by atoms with van der Waals surface area (Å²) in [6, 6.07) is 4.75. The maximum absolute atomic E-state index is 10.9. The van der Waals surface area contributed by atoms with Gasteiger partial charge in [-0.1, -0.05) is 18.9 Å². The van der Waals surface area contributed by atoms with Crippen LogP contribution in [0, 0.1) is 17.0 Å². The zero-order chi connectivity index (χ0) is 13.2. The summed E-state index contributed by atoms with van der Waals surface area (Å²) in [6.07, 6.45) is 3.37. The molecule has 1 N–H and O–H groups in total. The van der Waals surface area contributed by atoms with E-state index in [1.807, 2.05) is 6.92 Å². The van der Waals surface area contributed by atoms with Crippen LogP contribution in [0.25, 0.3) is 0 Å². The van der Waals surface area contributed by atoms with E-state index in [1.165, 1.54) is 6.07 Å². The van der Waals surface area contributed by atoms with Crippen molar-refractivity contribution in [1.29, 1.82) is 0 Å². The molecule has 1 aromatic carbocycles. The molecule has 0 aromatic heterocycles. The van der Waals surface area contributed by atoms with Crippen molar-refractivity contribution in [2.24, 2.45) is 0 Å². The lowest BCUT2D eigenvalue weighted by Crippen LogP contribution is -2.32. The first-order valence-electron chi connectivity index (χ1n) is 6.10. The molecular weight excluding hydrogens is 234 g/mol. The van der Waals surface area contributed by atoms with Crippen molar-refractivity contribution in [2.45, 2.75) is 38.2 Å². The molecular formula is C13H17NO4. The van der Waals surface area contributed by atoms with Gasteiger partial charge in [0.15, 0.2) is 5.75 Å². The summed E-state index contributed by atoms with van der Waals surface area (Å²) >= 11 is 0. The van der Waals surface area contributed by atoms with E-state index in [4.69, 9.17) is 4.74 Å². The van der Waals surface area contributed by atoms with Crippen molar-refractivity contribution >= 4 is 5.69 Å². The summed E-state index contributed by atoms with van der Waals surface area (Å²) < 4.78 is 5.47. The van der Waals surface area contributed by atoms with Crippen molar-refractivity contribution in [1.82, 2.24) is 0 Å². The number of benzene rings is 1. The Labute approximate surface area is 106 Å². The monoisotopic (exact) mass is 251 g/mol. The van der Waals surface area contributed by atoms with Crippen LogP contribution in [0.2, 0.25) is 0 Å². The number of aliphatic hydroxyl groups is 1. The van der Waals surface area contributed by atoms with E-state index < -0.39 is 10.5 Å². The Bertz CT molecular complexity index is 452. The first-order valence-corrected chi connectivity index (χ1v) is 6.10. The third-order valence-corrected chi connectivity index (χ3v) is 3.34. The number of ether oxygens (including phenoxy) is 1. The molecule has 18 heavy (non-hydrogen) atoms. The maximum atomic E-state index is 10.9. The number of hydrogen-bond donors (Lipinski definition) is 1. The Kier molecular flexibility index (Phi) is 3.52. The number of nitro groups is 1. The van der Waals surface area contributed by atoms with E-state index in [0.717, 1.165) is 18.4 Å². The highest BCUT2D eigenvalue weighted by Crippen LogP contribution is 2.33. The Morgan fingerprint density at radius 2 is 2.11 bits per heavy atom. The predicted molar refractivity (Wildman–Crippen MR) is 66.7 cm³/mol. The molecule has 1 aliphatic rings. The SMILES string of the molecule is Cc1ccc([N+](=O)[O-])c(OCC2(O)CCCC2)c1. The van der Waals surface area contributed by atoms with Crippen LogP contribution in [-0.4, -0.2) is 22.2 Å². The molecule has 0 atom stereocenters. The standard InChI is InChI=1S/C13H17NO4/c1-10-4-5-11(14(16)17)12(8-10)18-9-13(15)6-2-3-7-13/h4-5,8,15H,2-3,6-7,9H2,1H3. The van der Waals surface area contributed by atoms with Crippen molar-refractivity contribution in [2.75, 3.05) is 6.61 Å². The Hall–Kier alpha value is -1.62. The molecule has 0 saturated heterocycles. The smallest absolute Gasteiger partial charge is 0.310 e. The number of hydrogen-bond acceptors (Lipinski definition) is 4. The van der Waals surface area contributed by atoms with E-state index in [9.17, 15) is 15.2 Å². The Morgan fingerprint density at radius 1 is 1.44 bits per heavy atom. The van der Waals surface area contributed by atoms with Crippen LogP contribution < -0.4 is 4.74 Å². The number of rotatable bonds is 4. The molecule has 0 radical (unpaired) electrons. The molecule has 0 bridgehead atoms. The Morgan fingerprint density at radius 3 is 2.72 bits per heavy atom. The van der Waals surface area contributed by atoms with Crippen LogP contribution in [0.15, 0.2) is 18.2 Å². The van der Waals surface area contributed by atoms with Crippen LogP contribution in [0.1, 0.15) is 31.2 Å². The molecule has 5 heteroatoms. The van der Waals surface area contributed by atoms with Gasteiger partial charge in [0.2, 0.25) is 0 Å². The maximum Gasteiger partial charge on any atom is 0.310 e. The zero-order valence-electron chi connectivity index (χ0n) is 10.4. The molecule has 1 fully saturated rings. The van der Waals surface area contributed by atoms with Crippen molar-refractivity contribution in [3.63, 3.8) is 0 Å². The molecule has 1 aliphatic carbocycles. The number of nitro benzene ring substituents is 1. The number of aryl methyl sites for hydroxylation is 1. The summed E-state index contributed by atoms with van der Waals surface area (Å²) in [7, 11) is 0. The highest BCUT2D eigenvalue weighted by atomic mass is 16.6. The van der Waals surface area contributed by atoms with Crippen LogP contribution in [0.4, 0.5) is 5.69 Å². The normalized spacial score (nSPS) is 17.7. The van der Waals surface area contributed by atoms with Gasteiger partial charge in [0.1, 0.15) is 6.61 Å². The van der Waals surface area contributed by atoms with Gasteiger partial charge in [-0.15, -0.1) is 0 Å². The molecule has 2 rings (SSSR count). The lowest BCUT2D eigenvalue weighted by molar-refractivity contribution is -0.386. The average Bonchev–Trinajstić information content (AvgIpc) is 2.74. The van der Waals surface area contributed by atoms with Gasteiger partial charge in [0.25, 0.3) is 0 Å². The summed E-state index contributed by atoms with van der Waals surface area (Å²) in [5, 5.41) is 21.0. The summed E-state index contributed by atoms with van der Waals surface area (Å²) in [5.41, 5.74) is 0.0219. The van der Waals surface area contributed by atoms with Gasteiger partial charge in [-0.05, 0) is 31.4 Å². The fourth-order valence-corrected chi connectivity index (χ4v) is 2.28. The topological polar surface area (TPSA) is 72.6 Å². The molecule has 5 nitrogen and oxygen atoms in total. The molecule has 98 valence electrons. The lowest BCUT2D eigenvalue weighted by atomic mass is 10.0.